The topological polar surface area (TPSA) is 0 Å². The minimum absolute atomic E-state index is 1.06. The van der Waals surface area contributed by atoms with E-state index in [0.717, 1.165) is 12.3 Å². The first-order valence-corrected chi connectivity index (χ1v) is 8.22. The lowest BCUT2D eigenvalue weighted by molar-refractivity contribution is 0.356. The molecule has 17 heavy (non-hydrogen) atoms. The zero-order chi connectivity index (χ0) is 12.2. The molecule has 0 heterocycles. The predicted molar refractivity (Wildman–Crippen MR) is 78.1 cm³/mol. The molecule has 0 amide bonds. The van der Waals surface area contributed by atoms with Crippen LogP contribution in [-0.2, 0) is 0 Å². The monoisotopic (exact) mass is 237 g/mol. The molecule has 0 bridgehead atoms. The van der Waals surface area contributed by atoms with Crippen molar-refractivity contribution < 1.29 is 0 Å². The molecular weight excluding hydrogens is 204 g/mol. The fourth-order valence-electron chi connectivity index (χ4n) is 3.15. The summed E-state index contributed by atoms with van der Waals surface area (Å²) in [5.41, 5.74) is 0. The summed E-state index contributed by atoms with van der Waals surface area (Å²) in [5.74, 6) is 1.06. The first-order valence-electron chi connectivity index (χ1n) is 8.22. The van der Waals surface area contributed by atoms with Gasteiger partial charge in [-0.1, -0.05) is 103 Å². The van der Waals surface area contributed by atoms with Gasteiger partial charge in [-0.15, -0.1) is 0 Å². The largest absolute Gasteiger partial charge is 0.0533 e. The molecule has 1 saturated carbocycles. The second-order valence-electron chi connectivity index (χ2n) is 5.97. The average Bonchev–Trinajstić information content (AvgIpc) is 2.36. The number of rotatable bonds is 6. The third kappa shape index (κ3) is 8.69. The van der Waals surface area contributed by atoms with Gasteiger partial charge in [0.05, 0.1) is 0 Å². The number of unbranched alkanes of at least 4 members (excludes halogenated alkanes) is 4. The maximum Gasteiger partial charge on any atom is -0.0414 e. The van der Waals surface area contributed by atoms with Crippen LogP contribution in [-0.4, -0.2) is 0 Å². The lowest BCUT2D eigenvalue weighted by Crippen LogP contribution is -2.02. The highest BCUT2D eigenvalue weighted by Gasteiger charge is 2.09. The van der Waals surface area contributed by atoms with Gasteiger partial charge in [0.25, 0.3) is 0 Å². The van der Waals surface area contributed by atoms with Crippen LogP contribution in [0.15, 0.2) is 0 Å². The molecule has 0 spiro atoms. The van der Waals surface area contributed by atoms with Gasteiger partial charge in [0.1, 0.15) is 0 Å². The van der Waals surface area contributed by atoms with Gasteiger partial charge in [-0.25, -0.2) is 0 Å². The van der Waals surface area contributed by atoms with Crippen LogP contribution >= 0.6 is 0 Å². The Bertz CT molecular complexity index is 140. The van der Waals surface area contributed by atoms with Gasteiger partial charge < -0.3 is 0 Å². The lowest BCUT2D eigenvalue weighted by Gasteiger charge is -2.18. The summed E-state index contributed by atoms with van der Waals surface area (Å²) in [4.78, 5) is 0. The van der Waals surface area contributed by atoms with E-state index in [4.69, 9.17) is 0 Å². The fraction of sp³-hybridized carbons (Fsp3) is 0.941. The molecule has 1 fully saturated rings. The van der Waals surface area contributed by atoms with Crippen molar-refractivity contribution in [1.29, 1.82) is 0 Å². The summed E-state index contributed by atoms with van der Waals surface area (Å²) < 4.78 is 0. The van der Waals surface area contributed by atoms with Crippen molar-refractivity contribution in [1.82, 2.24) is 0 Å². The Kier molecular flexibility index (Phi) is 9.84. The second-order valence-corrected chi connectivity index (χ2v) is 5.97. The highest BCUT2D eigenvalue weighted by atomic mass is 14.2. The van der Waals surface area contributed by atoms with E-state index in [-0.39, 0.29) is 0 Å². The van der Waals surface area contributed by atoms with E-state index in [1.54, 1.807) is 0 Å². The van der Waals surface area contributed by atoms with Crippen molar-refractivity contribution in [2.24, 2.45) is 5.92 Å². The van der Waals surface area contributed by atoms with Crippen LogP contribution in [0.5, 0.6) is 0 Å². The van der Waals surface area contributed by atoms with Crippen LogP contribution in [0.4, 0.5) is 0 Å². The van der Waals surface area contributed by atoms with E-state index in [9.17, 15) is 0 Å². The molecule has 0 aromatic heterocycles. The first kappa shape index (κ1) is 15.1. The van der Waals surface area contributed by atoms with Crippen molar-refractivity contribution >= 4 is 0 Å². The van der Waals surface area contributed by atoms with Crippen molar-refractivity contribution in [3.63, 3.8) is 0 Å². The molecule has 1 aliphatic carbocycles. The third-order valence-corrected chi connectivity index (χ3v) is 4.34. The maximum absolute atomic E-state index is 3.92. The van der Waals surface area contributed by atoms with Crippen LogP contribution in [0.25, 0.3) is 0 Å². The standard InChI is InChI=1S/C17H33/c1-2-3-4-8-11-14-17-15-12-9-6-5-7-10-13-16-17/h17H,1-16H2. The molecule has 1 aliphatic rings. The molecule has 1 radical (unpaired) electrons. The van der Waals surface area contributed by atoms with Crippen LogP contribution < -0.4 is 0 Å². The second kappa shape index (κ2) is 11.1. The van der Waals surface area contributed by atoms with Crippen LogP contribution in [0.3, 0.4) is 0 Å². The molecule has 0 aromatic rings. The molecule has 0 unspecified atom stereocenters. The van der Waals surface area contributed by atoms with E-state index < -0.39 is 0 Å². The lowest BCUT2D eigenvalue weighted by atomic mass is 9.88. The molecule has 0 aromatic carbocycles. The summed E-state index contributed by atoms with van der Waals surface area (Å²) in [5, 5.41) is 0. The van der Waals surface area contributed by atoms with Crippen molar-refractivity contribution in [2.45, 2.75) is 96.3 Å². The zero-order valence-electron chi connectivity index (χ0n) is 11.9. The predicted octanol–water partition coefficient (Wildman–Crippen LogP) is 6.30. The Morgan fingerprint density at radius 3 is 1.76 bits per heavy atom. The van der Waals surface area contributed by atoms with Gasteiger partial charge in [-0.05, 0) is 5.92 Å². The molecule has 0 heteroatoms. The van der Waals surface area contributed by atoms with Gasteiger partial charge in [-0.3, -0.25) is 0 Å². The number of hydrogen-bond donors (Lipinski definition) is 0. The SMILES string of the molecule is [CH2]CCCCCCC1CCCCCCCCC1. The van der Waals surface area contributed by atoms with E-state index in [2.05, 4.69) is 6.92 Å². The van der Waals surface area contributed by atoms with Gasteiger partial charge >= 0.3 is 0 Å². The Balaban J connectivity index is 2.05. The quantitative estimate of drug-likeness (QED) is 0.475. The Morgan fingerprint density at radius 2 is 1.18 bits per heavy atom. The van der Waals surface area contributed by atoms with Crippen molar-refractivity contribution in [2.75, 3.05) is 0 Å². The smallest absolute Gasteiger partial charge is 0.0414 e. The normalized spacial score (nSPS) is 20.3. The summed E-state index contributed by atoms with van der Waals surface area (Å²) >= 11 is 0. The van der Waals surface area contributed by atoms with Gasteiger partial charge in [0.2, 0.25) is 0 Å². The molecule has 1 rings (SSSR count). The van der Waals surface area contributed by atoms with Gasteiger partial charge in [-0.2, -0.15) is 0 Å². The van der Waals surface area contributed by atoms with E-state index in [0.29, 0.717) is 0 Å². The van der Waals surface area contributed by atoms with Crippen molar-refractivity contribution in [3.05, 3.63) is 6.92 Å². The minimum Gasteiger partial charge on any atom is -0.0533 e. The van der Waals surface area contributed by atoms with E-state index >= 15 is 0 Å². The van der Waals surface area contributed by atoms with Crippen LogP contribution in [0.2, 0.25) is 0 Å². The summed E-state index contributed by atoms with van der Waals surface area (Å²) in [6.45, 7) is 3.92. The fourth-order valence-corrected chi connectivity index (χ4v) is 3.15. The van der Waals surface area contributed by atoms with Gasteiger partial charge in [0.15, 0.2) is 0 Å². The average molecular weight is 237 g/mol. The van der Waals surface area contributed by atoms with Crippen molar-refractivity contribution in [3.8, 4) is 0 Å². The van der Waals surface area contributed by atoms with E-state index in [1.165, 1.54) is 89.9 Å². The Hall–Kier alpha value is 0. The highest BCUT2D eigenvalue weighted by Crippen LogP contribution is 2.25. The molecule has 0 aliphatic heterocycles. The highest BCUT2D eigenvalue weighted by molar-refractivity contribution is 4.63. The van der Waals surface area contributed by atoms with E-state index in [1.807, 2.05) is 0 Å². The summed E-state index contributed by atoms with van der Waals surface area (Å²) in [6, 6.07) is 0. The molecular formula is C17H33. The minimum atomic E-state index is 1.06. The first-order chi connectivity index (χ1) is 8.43. The summed E-state index contributed by atoms with van der Waals surface area (Å²) in [6.07, 6.45) is 21.9. The summed E-state index contributed by atoms with van der Waals surface area (Å²) in [7, 11) is 0. The number of hydrogen-bond acceptors (Lipinski definition) is 0. The molecule has 0 atom stereocenters. The van der Waals surface area contributed by atoms with Gasteiger partial charge in [0, 0.05) is 0 Å². The molecule has 0 nitrogen and oxygen atoms in total. The molecule has 101 valence electrons. The maximum atomic E-state index is 3.92. The Morgan fingerprint density at radius 1 is 0.647 bits per heavy atom. The van der Waals surface area contributed by atoms with Crippen LogP contribution in [0, 0.1) is 12.8 Å². The molecule has 0 saturated heterocycles. The van der Waals surface area contributed by atoms with Crippen LogP contribution in [0.1, 0.15) is 96.3 Å². The zero-order valence-corrected chi connectivity index (χ0v) is 11.9. The Labute approximate surface area is 110 Å². The molecule has 0 N–H and O–H groups in total. The third-order valence-electron chi connectivity index (χ3n) is 4.34.